The summed E-state index contributed by atoms with van der Waals surface area (Å²) in [6.45, 7) is 5.15. The first-order valence-electron chi connectivity index (χ1n) is 9.55. The van der Waals surface area contributed by atoms with Crippen molar-refractivity contribution in [2.45, 2.75) is 37.6 Å². The lowest BCUT2D eigenvalue weighted by Gasteiger charge is -2.34. The minimum Gasteiger partial charge on any atom is -0.296 e. The first-order chi connectivity index (χ1) is 13.0. The van der Waals surface area contributed by atoms with Crippen molar-refractivity contribution in [1.82, 2.24) is 9.21 Å². The summed E-state index contributed by atoms with van der Waals surface area (Å²) < 4.78 is 40.3. The summed E-state index contributed by atoms with van der Waals surface area (Å²) in [5, 5.41) is 0. The van der Waals surface area contributed by atoms with Crippen molar-refractivity contribution in [2.24, 2.45) is 0 Å². The monoisotopic (exact) mass is 390 g/mol. The van der Waals surface area contributed by atoms with Crippen molar-refractivity contribution in [1.29, 1.82) is 0 Å². The number of rotatable bonds is 7. The van der Waals surface area contributed by atoms with Gasteiger partial charge >= 0.3 is 0 Å². The van der Waals surface area contributed by atoms with Crippen LogP contribution in [0.3, 0.4) is 0 Å². The third kappa shape index (κ3) is 5.15. The molecule has 1 aliphatic heterocycles. The Balaban J connectivity index is 1.58. The van der Waals surface area contributed by atoms with Crippen LogP contribution in [-0.2, 0) is 23.0 Å². The van der Waals surface area contributed by atoms with Gasteiger partial charge in [-0.05, 0) is 48.2 Å². The van der Waals surface area contributed by atoms with Crippen LogP contribution >= 0.6 is 0 Å². The SMILES string of the molecule is CCCCc1ccc(S(=O)(=O)N2CCN(Cc3ccc(F)cc3)CC2)cc1. The molecule has 0 saturated carbocycles. The molecule has 0 atom stereocenters. The van der Waals surface area contributed by atoms with E-state index in [4.69, 9.17) is 0 Å². The number of halogens is 1. The molecular formula is C21H27FN2O2S. The van der Waals surface area contributed by atoms with E-state index in [-0.39, 0.29) is 5.82 Å². The molecule has 2 aromatic rings. The van der Waals surface area contributed by atoms with Crippen molar-refractivity contribution in [3.05, 3.63) is 65.5 Å². The number of hydrogen-bond acceptors (Lipinski definition) is 3. The van der Waals surface area contributed by atoms with Gasteiger partial charge in [-0.25, -0.2) is 12.8 Å². The number of nitrogens with zero attached hydrogens (tertiary/aromatic N) is 2. The number of unbranched alkanes of at least 4 members (excludes halogenated alkanes) is 1. The van der Waals surface area contributed by atoms with E-state index >= 15 is 0 Å². The molecule has 1 aliphatic rings. The van der Waals surface area contributed by atoms with E-state index in [1.165, 1.54) is 17.7 Å². The molecule has 1 fully saturated rings. The minimum atomic E-state index is -3.44. The van der Waals surface area contributed by atoms with Gasteiger partial charge in [-0.15, -0.1) is 0 Å². The van der Waals surface area contributed by atoms with Gasteiger partial charge in [-0.3, -0.25) is 4.90 Å². The second-order valence-electron chi connectivity index (χ2n) is 7.05. The number of benzene rings is 2. The van der Waals surface area contributed by atoms with Crippen LogP contribution in [-0.4, -0.2) is 43.8 Å². The average Bonchev–Trinajstić information content (AvgIpc) is 2.69. The quantitative estimate of drug-likeness (QED) is 0.724. The van der Waals surface area contributed by atoms with Crippen LogP contribution in [0.2, 0.25) is 0 Å². The van der Waals surface area contributed by atoms with Gasteiger partial charge < -0.3 is 0 Å². The Hall–Kier alpha value is -1.76. The van der Waals surface area contributed by atoms with E-state index in [0.717, 1.165) is 24.8 Å². The third-order valence-electron chi connectivity index (χ3n) is 5.03. The summed E-state index contributed by atoms with van der Waals surface area (Å²) in [5.74, 6) is -0.240. The summed E-state index contributed by atoms with van der Waals surface area (Å²) in [6.07, 6.45) is 3.23. The minimum absolute atomic E-state index is 0.240. The normalized spacial score (nSPS) is 16.5. The molecule has 6 heteroatoms. The van der Waals surface area contributed by atoms with Gasteiger partial charge in [0, 0.05) is 32.7 Å². The lowest BCUT2D eigenvalue weighted by molar-refractivity contribution is 0.181. The van der Waals surface area contributed by atoms with Crippen LogP contribution in [0.15, 0.2) is 53.4 Å². The van der Waals surface area contributed by atoms with E-state index in [0.29, 0.717) is 37.6 Å². The maximum Gasteiger partial charge on any atom is 0.243 e. The summed E-state index contributed by atoms with van der Waals surface area (Å²) in [5.41, 5.74) is 2.22. The molecule has 0 amide bonds. The molecule has 1 heterocycles. The fraction of sp³-hybridized carbons (Fsp3) is 0.429. The molecule has 1 saturated heterocycles. The molecular weight excluding hydrogens is 363 g/mol. The predicted octanol–water partition coefficient (Wildman–Crippen LogP) is 3.67. The number of piperazine rings is 1. The van der Waals surface area contributed by atoms with Gasteiger partial charge in [0.05, 0.1) is 4.90 Å². The first-order valence-corrected chi connectivity index (χ1v) is 11.0. The van der Waals surface area contributed by atoms with E-state index in [2.05, 4.69) is 11.8 Å². The molecule has 0 radical (unpaired) electrons. The largest absolute Gasteiger partial charge is 0.296 e. The second-order valence-corrected chi connectivity index (χ2v) is 8.99. The van der Waals surface area contributed by atoms with Crippen LogP contribution in [0.4, 0.5) is 4.39 Å². The molecule has 146 valence electrons. The Morgan fingerprint density at radius 3 is 2.07 bits per heavy atom. The second kappa shape index (κ2) is 8.95. The first kappa shape index (κ1) is 20.0. The molecule has 3 rings (SSSR count). The van der Waals surface area contributed by atoms with E-state index < -0.39 is 10.0 Å². The Morgan fingerprint density at radius 2 is 1.48 bits per heavy atom. The maximum atomic E-state index is 13.0. The van der Waals surface area contributed by atoms with Gasteiger partial charge in [-0.1, -0.05) is 37.6 Å². The van der Waals surface area contributed by atoms with Crippen LogP contribution in [0, 0.1) is 5.82 Å². The molecule has 0 unspecified atom stereocenters. The van der Waals surface area contributed by atoms with Gasteiger partial charge in [0.2, 0.25) is 10.0 Å². The summed E-state index contributed by atoms with van der Waals surface area (Å²) in [4.78, 5) is 2.57. The summed E-state index contributed by atoms with van der Waals surface area (Å²) in [6, 6.07) is 13.8. The number of sulfonamides is 1. The lowest BCUT2D eigenvalue weighted by atomic mass is 10.1. The van der Waals surface area contributed by atoms with Crippen molar-refractivity contribution in [3.63, 3.8) is 0 Å². The Bertz CT molecular complexity index is 827. The van der Waals surface area contributed by atoms with Crippen LogP contribution in [0.25, 0.3) is 0 Å². The topological polar surface area (TPSA) is 40.6 Å². The number of aryl methyl sites for hydroxylation is 1. The maximum absolute atomic E-state index is 13.0. The zero-order chi connectivity index (χ0) is 19.3. The summed E-state index contributed by atoms with van der Waals surface area (Å²) in [7, 11) is -3.44. The summed E-state index contributed by atoms with van der Waals surface area (Å²) >= 11 is 0. The van der Waals surface area contributed by atoms with Crippen molar-refractivity contribution in [2.75, 3.05) is 26.2 Å². The molecule has 0 spiro atoms. The zero-order valence-corrected chi connectivity index (χ0v) is 16.6. The molecule has 0 aliphatic carbocycles. The fourth-order valence-electron chi connectivity index (χ4n) is 3.33. The van der Waals surface area contributed by atoms with Gasteiger partial charge in [0.1, 0.15) is 5.82 Å². The Morgan fingerprint density at radius 1 is 0.889 bits per heavy atom. The number of hydrogen-bond donors (Lipinski definition) is 0. The highest BCUT2D eigenvalue weighted by molar-refractivity contribution is 7.89. The average molecular weight is 391 g/mol. The highest BCUT2D eigenvalue weighted by Crippen LogP contribution is 2.20. The fourth-order valence-corrected chi connectivity index (χ4v) is 4.76. The smallest absolute Gasteiger partial charge is 0.243 e. The molecule has 4 nitrogen and oxygen atoms in total. The van der Waals surface area contributed by atoms with E-state index in [9.17, 15) is 12.8 Å². The predicted molar refractivity (Wildman–Crippen MR) is 105 cm³/mol. The highest BCUT2D eigenvalue weighted by Gasteiger charge is 2.28. The van der Waals surface area contributed by atoms with Gasteiger partial charge in [0.25, 0.3) is 0 Å². The van der Waals surface area contributed by atoms with Crippen LogP contribution < -0.4 is 0 Å². The standard InChI is InChI=1S/C21H27FN2O2S/c1-2-3-4-18-7-11-21(12-8-18)27(25,26)24-15-13-23(14-16-24)17-19-5-9-20(22)10-6-19/h5-12H,2-4,13-17H2,1H3. The van der Waals surface area contributed by atoms with Gasteiger partial charge in [-0.2, -0.15) is 4.31 Å². The highest BCUT2D eigenvalue weighted by atomic mass is 32.2. The molecule has 2 aromatic carbocycles. The molecule has 0 aromatic heterocycles. The Kier molecular flexibility index (Phi) is 6.63. The van der Waals surface area contributed by atoms with E-state index in [1.807, 2.05) is 12.1 Å². The molecule has 0 N–H and O–H groups in total. The van der Waals surface area contributed by atoms with Crippen LogP contribution in [0.5, 0.6) is 0 Å². The zero-order valence-electron chi connectivity index (χ0n) is 15.8. The molecule has 27 heavy (non-hydrogen) atoms. The third-order valence-corrected chi connectivity index (χ3v) is 6.94. The lowest BCUT2D eigenvalue weighted by Crippen LogP contribution is -2.48. The van der Waals surface area contributed by atoms with E-state index in [1.54, 1.807) is 28.6 Å². The van der Waals surface area contributed by atoms with Crippen molar-refractivity contribution < 1.29 is 12.8 Å². The van der Waals surface area contributed by atoms with Crippen LogP contribution in [0.1, 0.15) is 30.9 Å². The van der Waals surface area contributed by atoms with Crippen molar-refractivity contribution >= 4 is 10.0 Å². The van der Waals surface area contributed by atoms with Gasteiger partial charge in [0.15, 0.2) is 0 Å². The molecule has 0 bridgehead atoms. The Labute approximate surface area is 161 Å². The van der Waals surface area contributed by atoms with Crippen molar-refractivity contribution in [3.8, 4) is 0 Å².